The summed E-state index contributed by atoms with van der Waals surface area (Å²) in [4.78, 5) is 11.8. The van der Waals surface area contributed by atoms with Crippen molar-refractivity contribution >= 4 is 11.7 Å². The zero-order chi connectivity index (χ0) is 17.0. The van der Waals surface area contributed by atoms with Gasteiger partial charge in [0.05, 0.1) is 6.04 Å². The van der Waals surface area contributed by atoms with Crippen molar-refractivity contribution < 1.29 is 4.79 Å². The van der Waals surface area contributed by atoms with E-state index in [4.69, 9.17) is 0 Å². The van der Waals surface area contributed by atoms with Crippen molar-refractivity contribution in [2.24, 2.45) is 0 Å². The molecule has 24 heavy (non-hydrogen) atoms. The van der Waals surface area contributed by atoms with Gasteiger partial charge in [0, 0.05) is 18.8 Å². The van der Waals surface area contributed by atoms with Crippen LogP contribution in [-0.4, -0.2) is 25.2 Å². The van der Waals surface area contributed by atoms with E-state index >= 15 is 0 Å². The van der Waals surface area contributed by atoms with Crippen molar-refractivity contribution in [2.75, 3.05) is 18.4 Å². The Bertz CT molecular complexity index is 468. The Labute approximate surface area is 146 Å². The summed E-state index contributed by atoms with van der Waals surface area (Å²) >= 11 is 0. The van der Waals surface area contributed by atoms with Gasteiger partial charge < -0.3 is 16.0 Å². The molecular weight excluding hydrogens is 298 g/mol. The molecule has 3 N–H and O–H groups in total. The fourth-order valence-corrected chi connectivity index (χ4v) is 2.96. The molecule has 1 aliphatic rings. The van der Waals surface area contributed by atoms with Crippen LogP contribution < -0.4 is 16.0 Å². The monoisotopic (exact) mass is 331 g/mol. The summed E-state index contributed by atoms with van der Waals surface area (Å²) in [5, 5.41) is 8.96. The molecule has 0 unspecified atom stereocenters. The van der Waals surface area contributed by atoms with E-state index in [-0.39, 0.29) is 12.1 Å². The maximum absolute atomic E-state index is 11.8. The molecule has 2 rings (SSSR count). The first-order chi connectivity index (χ1) is 11.8. The third kappa shape index (κ3) is 7.35. The average molecular weight is 332 g/mol. The highest BCUT2D eigenvalue weighted by Crippen LogP contribution is 2.14. The largest absolute Gasteiger partial charge is 0.333 e. The van der Waals surface area contributed by atoms with E-state index in [9.17, 15) is 4.79 Å². The molecule has 0 bridgehead atoms. The van der Waals surface area contributed by atoms with Gasteiger partial charge in [-0.25, -0.2) is 4.79 Å². The molecular formula is C20H33N3O. The highest BCUT2D eigenvalue weighted by Gasteiger charge is 2.18. The highest BCUT2D eigenvalue weighted by molar-refractivity contribution is 5.89. The standard InChI is InChI=1S/C20H33N3O/c1-2-3-4-5-6-7-8-9-10-17-11-13-18(14-12-17)22-20(24)23-19-15-21-16-19/h11-14,19,21H,2-10,15-16H2,1H3,(H2,22,23,24). The summed E-state index contributed by atoms with van der Waals surface area (Å²) in [6.07, 6.45) is 12.0. The van der Waals surface area contributed by atoms with Crippen molar-refractivity contribution in [1.82, 2.24) is 10.6 Å². The molecule has 0 radical (unpaired) electrons. The lowest BCUT2D eigenvalue weighted by molar-refractivity contribution is 0.243. The second kappa shape index (κ2) is 11.1. The summed E-state index contributed by atoms with van der Waals surface area (Å²) in [7, 11) is 0. The van der Waals surface area contributed by atoms with E-state index < -0.39 is 0 Å². The molecule has 1 saturated heterocycles. The number of rotatable bonds is 11. The molecule has 2 amide bonds. The predicted octanol–water partition coefficient (Wildman–Crippen LogP) is 4.46. The van der Waals surface area contributed by atoms with E-state index in [1.165, 1.54) is 56.9 Å². The minimum Gasteiger partial charge on any atom is -0.333 e. The van der Waals surface area contributed by atoms with Gasteiger partial charge >= 0.3 is 6.03 Å². The van der Waals surface area contributed by atoms with Crippen LogP contribution in [0.25, 0.3) is 0 Å². The van der Waals surface area contributed by atoms with Crippen molar-refractivity contribution in [3.63, 3.8) is 0 Å². The summed E-state index contributed by atoms with van der Waals surface area (Å²) in [6.45, 7) is 4.00. The first-order valence-corrected chi connectivity index (χ1v) is 9.65. The topological polar surface area (TPSA) is 53.2 Å². The lowest BCUT2D eigenvalue weighted by Crippen LogP contribution is -2.57. The molecule has 0 aromatic heterocycles. The number of carbonyl (C=O) groups is 1. The van der Waals surface area contributed by atoms with Crippen LogP contribution in [0.15, 0.2) is 24.3 Å². The zero-order valence-corrected chi connectivity index (χ0v) is 15.1. The average Bonchev–Trinajstić information content (AvgIpc) is 2.55. The minimum atomic E-state index is -0.114. The van der Waals surface area contributed by atoms with Gasteiger partial charge in [-0.2, -0.15) is 0 Å². The number of aryl methyl sites for hydroxylation is 1. The van der Waals surface area contributed by atoms with Gasteiger partial charge in [0.1, 0.15) is 0 Å². The second-order valence-corrected chi connectivity index (χ2v) is 6.88. The predicted molar refractivity (Wildman–Crippen MR) is 102 cm³/mol. The van der Waals surface area contributed by atoms with Crippen LogP contribution in [-0.2, 0) is 6.42 Å². The van der Waals surface area contributed by atoms with Gasteiger partial charge in [0.25, 0.3) is 0 Å². The van der Waals surface area contributed by atoms with Crippen LogP contribution in [0.1, 0.15) is 63.9 Å². The van der Waals surface area contributed by atoms with Crippen LogP contribution in [0.3, 0.4) is 0 Å². The highest BCUT2D eigenvalue weighted by atomic mass is 16.2. The van der Waals surface area contributed by atoms with Crippen LogP contribution in [0, 0.1) is 0 Å². The molecule has 134 valence electrons. The molecule has 1 heterocycles. The van der Waals surface area contributed by atoms with Gasteiger partial charge in [-0.15, -0.1) is 0 Å². The fraction of sp³-hybridized carbons (Fsp3) is 0.650. The maximum Gasteiger partial charge on any atom is 0.319 e. The third-order valence-corrected chi connectivity index (χ3v) is 4.65. The fourth-order valence-electron chi connectivity index (χ4n) is 2.96. The van der Waals surface area contributed by atoms with E-state index in [1.807, 2.05) is 12.1 Å². The number of hydrogen-bond acceptors (Lipinski definition) is 2. The number of benzene rings is 1. The Morgan fingerprint density at radius 2 is 1.62 bits per heavy atom. The molecule has 4 heteroatoms. The molecule has 0 saturated carbocycles. The number of unbranched alkanes of at least 4 members (excludes halogenated alkanes) is 7. The van der Waals surface area contributed by atoms with Crippen molar-refractivity contribution in [3.8, 4) is 0 Å². The molecule has 0 atom stereocenters. The molecule has 0 aliphatic carbocycles. The lowest BCUT2D eigenvalue weighted by atomic mass is 10.0. The molecule has 4 nitrogen and oxygen atoms in total. The van der Waals surface area contributed by atoms with Crippen LogP contribution in [0.5, 0.6) is 0 Å². The molecule has 0 spiro atoms. The van der Waals surface area contributed by atoms with Gasteiger partial charge in [-0.05, 0) is 30.5 Å². The molecule has 1 aliphatic heterocycles. The van der Waals surface area contributed by atoms with Crippen LogP contribution >= 0.6 is 0 Å². The number of urea groups is 1. The Kier molecular flexibility index (Phi) is 8.67. The van der Waals surface area contributed by atoms with Crippen molar-refractivity contribution in [2.45, 2.75) is 70.8 Å². The Balaban J connectivity index is 1.55. The molecule has 1 aromatic rings. The van der Waals surface area contributed by atoms with Crippen molar-refractivity contribution in [3.05, 3.63) is 29.8 Å². The number of amides is 2. The van der Waals surface area contributed by atoms with Crippen molar-refractivity contribution in [1.29, 1.82) is 0 Å². The molecule has 1 fully saturated rings. The Morgan fingerprint density at radius 1 is 1.00 bits per heavy atom. The quantitative estimate of drug-likeness (QED) is 0.524. The number of nitrogens with one attached hydrogen (secondary N) is 3. The first-order valence-electron chi connectivity index (χ1n) is 9.65. The van der Waals surface area contributed by atoms with Gasteiger partial charge in [-0.1, -0.05) is 64.0 Å². The number of anilines is 1. The summed E-state index contributed by atoms with van der Waals surface area (Å²) in [5.41, 5.74) is 2.22. The SMILES string of the molecule is CCCCCCCCCCc1ccc(NC(=O)NC2CNC2)cc1. The van der Waals surface area contributed by atoms with Gasteiger partial charge in [0.2, 0.25) is 0 Å². The number of carbonyl (C=O) groups excluding carboxylic acids is 1. The normalized spacial score (nSPS) is 14.2. The summed E-state index contributed by atoms with van der Waals surface area (Å²) < 4.78 is 0. The van der Waals surface area contributed by atoms with E-state index in [0.717, 1.165) is 25.2 Å². The van der Waals surface area contributed by atoms with Gasteiger partial charge in [0.15, 0.2) is 0 Å². The lowest BCUT2D eigenvalue weighted by Gasteiger charge is -2.27. The second-order valence-electron chi connectivity index (χ2n) is 6.88. The van der Waals surface area contributed by atoms with Crippen LogP contribution in [0.2, 0.25) is 0 Å². The zero-order valence-electron chi connectivity index (χ0n) is 15.1. The smallest absolute Gasteiger partial charge is 0.319 e. The maximum atomic E-state index is 11.8. The number of hydrogen-bond donors (Lipinski definition) is 3. The van der Waals surface area contributed by atoms with E-state index in [1.54, 1.807) is 0 Å². The summed E-state index contributed by atoms with van der Waals surface area (Å²) in [6, 6.07) is 8.41. The Morgan fingerprint density at radius 3 is 2.21 bits per heavy atom. The van der Waals surface area contributed by atoms with Gasteiger partial charge in [-0.3, -0.25) is 0 Å². The van der Waals surface area contributed by atoms with Crippen LogP contribution in [0.4, 0.5) is 10.5 Å². The summed E-state index contributed by atoms with van der Waals surface area (Å²) in [5.74, 6) is 0. The van der Waals surface area contributed by atoms with E-state index in [2.05, 4.69) is 35.0 Å². The van der Waals surface area contributed by atoms with E-state index in [0.29, 0.717) is 0 Å². The minimum absolute atomic E-state index is 0.114. The Hall–Kier alpha value is -1.55. The third-order valence-electron chi connectivity index (χ3n) is 4.65. The molecule has 1 aromatic carbocycles. The first kappa shape index (κ1) is 18.8.